The van der Waals surface area contributed by atoms with Gasteiger partial charge in [0, 0.05) is 11.7 Å². The molecule has 1 amide bonds. The van der Waals surface area contributed by atoms with E-state index in [1.807, 2.05) is 32.1 Å². The lowest BCUT2D eigenvalue weighted by Crippen LogP contribution is -2.32. The highest BCUT2D eigenvalue weighted by Gasteiger charge is 2.04. The molecule has 0 aromatic rings. The lowest BCUT2D eigenvalue weighted by molar-refractivity contribution is -0.120. The van der Waals surface area contributed by atoms with Crippen LogP contribution in [-0.2, 0) is 4.79 Å². The van der Waals surface area contributed by atoms with Gasteiger partial charge in [-0.05, 0) is 19.4 Å². The zero-order valence-electron chi connectivity index (χ0n) is 11.9. The van der Waals surface area contributed by atoms with Crippen LogP contribution in [0.1, 0.15) is 20.3 Å². The second-order valence-corrected chi connectivity index (χ2v) is 4.20. The molecule has 0 aromatic carbocycles. The summed E-state index contributed by atoms with van der Waals surface area (Å²) >= 11 is 0. The van der Waals surface area contributed by atoms with Gasteiger partial charge in [-0.2, -0.15) is 0 Å². The fourth-order valence-corrected chi connectivity index (χ4v) is 1.42. The van der Waals surface area contributed by atoms with E-state index in [1.165, 1.54) is 0 Å². The van der Waals surface area contributed by atoms with Crippen molar-refractivity contribution >= 4 is 5.91 Å². The molecular formula is C16H24N2O. The number of nitrogens with one attached hydrogen (secondary N) is 2. The molecule has 0 spiro atoms. The predicted molar refractivity (Wildman–Crippen MR) is 82.7 cm³/mol. The van der Waals surface area contributed by atoms with Crippen LogP contribution in [0, 0.1) is 0 Å². The van der Waals surface area contributed by atoms with Gasteiger partial charge in [-0.1, -0.05) is 43.5 Å². The van der Waals surface area contributed by atoms with Crippen molar-refractivity contribution in [2.45, 2.75) is 26.3 Å². The van der Waals surface area contributed by atoms with E-state index in [0.29, 0.717) is 13.0 Å². The summed E-state index contributed by atoms with van der Waals surface area (Å²) in [7, 11) is 0. The molecule has 0 aromatic heterocycles. The monoisotopic (exact) mass is 260 g/mol. The van der Waals surface area contributed by atoms with Crippen LogP contribution < -0.4 is 10.6 Å². The molecule has 0 aliphatic rings. The Morgan fingerprint density at radius 2 is 2.05 bits per heavy atom. The second kappa shape index (κ2) is 9.95. The molecule has 0 aliphatic heterocycles. The van der Waals surface area contributed by atoms with Gasteiger partial charge in [-0.3, -0.25) is 4.79 Å². The standard InChI is InChI=1S/C16H24N2O/c1-6-9-15(10-7-2)11-16(19)17-12-14(5)18-13(4)8-3/h6-10,13,18H,1,3,5,11-12H2,2,4H3,(H,17,19)/b10-7-,15-9+. The zero-order valence-corrected chi connectivity index (χ0v) is 11.9. The van der Waals surface area contributed by atoms with E-state index in [9.17, 15) is 4.79 Å². The molecular weight excluding hydrogens is 236 g/mol. The summed E-state index contributed by atoms with van der Waals surface area (Å²) in [4.78, 5) is 11.8. The van der Waals surface area contributed by atoms with Crippen LogP contribution in [0.4, 0.5) is 0 Å². The molecule has 0 rings (SSSR count). The fraction of sp³-hybridized carbons (Fsp3) is 0.312. The Labute approximate surface area is 116 Å². The van der Waals surface area contributed by atoms with Crippen LogP contribution in [0.15, 0.2) is 61.4 Å². The first-order valence-electron chi connectivity index (χ1n) is 6.31. The van der Waals surface area contributed by atoms with E-state index < -0.39 is 0 Å². The molecule has 0 heterocycles. The topological polar surface area (TPSA) is 41.1 Å². The Balaban J connectivity index is 4.17. The van der Waals surface area contributed by atoms with Crippen molar-refractivity contribution in [3.05, 3.63) is 61.4 Å². The summed E-state index contributed by atoms with van der Waals surface area (Å²) in [6.45, 7) is 15.4. The minimum atomic E-state index is -0.0413. The summed E-state index contributed by atoms with van der Waals surface area (Å²) in [5, 5.41) is 5.93. The average Bonchev–Trinajstić information content (AvgIpc) is 2.37. The van der Waals surface area contributed by atoms with Gasteiger partial charge in [0.25, 0.3) is 0 Å². The second-order valence-electron chi connectivity index (χ2n) is 4.20. The van der Waals surface area contributed by atoms with Crippen LogP contribution in [0.5, 0.6) is 0 Å². The Morgan fingerprint density at radius 3 is 2.58 bits per heavy atom. The van der Waals surface area contributed by atoms with Gasteiger partial charge in [0.05, 0.1) is 13.0 Å². The number of carbonyl (C=O) groups is 1. The number of carbonyl (C=O) groups excluding carboxylic acids is 1. The molecule has 3 nitrogen and oxygen atoms in total. The summed E-state index contributed by atoms with van der Waals surface area (Å²) in [5.41, 5.74) is 1.69. The van der Waals surface area contributed by atoms with Gasteiger partial charge in [-0.15, -0.1) is 6.58 Å². The van der Waals surface area contributed by atoms with E-state index in [-0.39, 0.29) is 11.9 Å². The Morgan fingerprint density at radius 1 is 1.37 bits per heavy atom. The molecule has 0 aliphatic carbocycles. The van der Waals surface area contributed by atoms with Crippen LogP contribution in [-0.4, -0.2) is 18.5 Å². The third-order valence-electron chi connectivity index (χ3n) is 2.36. The number of hydrogen-bond acceptors (Lipinski definition) is 2. The third-order valence-corrected chi connectivity index (χ3v) is 2.36. The van der Waals surface area contributed by atoms with E-state index in [2.05, 4.69) is 30.4 Å². The zero-order chi connectivity index (χ0) is 14.7. The number of hydrogen-bond donors (Lipinski definition) is 2. The highest BCUT2D eigenvalue weighted by molar-refractivity contribution is 5.79. The largest absolute Gasteiger partial charge is 0.381 e. The smallest absolute Gasteiger partial charge is 0.224 e. The number of allylic oxidation sites excluding steroid dienone is 4. The number of amides is 1. The van der Waals surface area contributed by atoms with Gasteiger partial charge < -0.3 is 10.6 Å². The molecule has 1 atom stereocenters. The molecule has 1 unspecified atom stereocenters. The van der Waals surface area contributed by atoms with Gasteiger partial charge in [0.15, 0.2) is 0 Å². The lowest BCUT2D eigenvalue weighted by Gasteiger charge is -2.14. The maximum Gasteiger partial charge on any atom is 0.224 e. The average molecular weight is 260 g/mol. The predicted octanol–water partition coefficient (Wildman–Crippen LogP) is 2.86. The molecule has 2 N–H and O–H groups in total. The first-order chi connectivity index (χ1) is 9.03. The maximum atomic E-state index is 11.8. The van der Waals surface area contributed by atoms with Crippen molar-refractivity contribution in [2.75, 3.05) is 6.54 Å². The molecule has 0 fully saturated rings. The molecule has 0 saturated heterocycles. The van der Waals surface area contributed by atoms with Crippen molar-refractivity contribution in [1.82, 2.24) is 10.6 Å². The van der Waals surface area contributed by atoms with Crippen LogP contribution in [0.3, 0.4) is 0 Å². The summed E-state index contributed by atoms with van der Waals surface area (Å²) < 4.78 is 0. The number of rotatable bonds is 9. The first kappa shape index (κ1) is 17.0. The maximum absolute atomic E-state index is 11.8. The van der Waals surface area contributed by atoms with Crippen LogP contribution in [0.25, 0.3) is 0 Å². The van der Waals surface area contributed by atoms with Crippen LogP contribution in [0.2, 0.25) is 0 Å². The van der Waals surface area contributed by atoms with E-state index in [0.717, 1.165) is 11.3 Å². The van der Waals surface area contributed by atoms with Gasteiger partial charge in [0.1, 0.15) is 0 Å². The van der Waals surface area contributed by atoms with Gasteiger partial charge in [0.2, 0.25) is 5.91 Å². The minimum absolute atomic E-state index is 0.0413. The molecule has 0 bridgehead atoms. The summed E-state index contributed by atoms with van der Waals surface area (Å²) in [6, 6.07) is 0.142. The molecule has 104 valence electrons. The van der Waals surface area contributed by atoms with Crippen LogP contribution >= 0.6 is 0 Å². The van der Waals surface area contributed by atoms with E-state index >= 15 is 0 Å². The van der Waals surface area contributed by atoms with E-state index in [1.54, 1.807) is 12.2 Å². The normalized spacial score (nSPS) is 12.8. The fourth-order valence-electron chi connectivity index (χ4n) is 1.42. The first-order valence-corrected chi connectivity index (χ1v) is 6.31. The highest BCUT2D eigenvalue weighted by Crippen LogP contribution is 2.03. The molecule has 0 radical (unpaired) electrons. The van der Waals surface area contributed by atoms with Crippen molar-refractivity contribution in [2.24, 2.45) is 0 Å². The van der Waals surface area contributed by atoms with E-state index in [4.69, 9.17) is 0 Å². The molecule has 3 heteroatoms. The minimum Gasteiger partial charge on any atom is -0.381 e. The summed E-state index contributed by atoms with van der Waals surface area (Å²) in [6.07, 6.45) is 9.41. The van der Waals surface area contributed by atoms with Gasteiger partial charge >= 0.3 is 0 Å². The Hall–Kier alpha value is -2.03. The van der Waals surface area contributed by atoms with Crippen molar-refractivity contribution in [3.8, 4) is 0 Å². The van der Waals surface area contributed by atoms with Crippen molar-refractivity contribution in [3.63, 3.8) is 0 Å². The Bertz CT molecular complexity index is 392. The SMILES string of the molecule is C=C/C=C(\C=C/C)CC(=O)NCC(=C)NC(C)C=C. The molecule has 0 saturated carbocycles. The quantitative estimate of drug-likeness (QED) is 0.494. The third kappa shape index (κ3) is 8.66. The summed E-state index contributed by atoms with van der Waals surface area (Å²) in [5.74, 6) is -0.0413. The Kier molecular flexibility index (Phi) is 8.88. The lowest BCUT2D eigenvalue weighted by atomic mass is 10.1. The van der Waals surface area contributed by atoms with Crippen molar-refractivity contribution < 1.29 is 4.79 Å². The van der Waals surface area contributed by atoms with Gasteiger partial charge in [-0.25, -0.2) is 0 Å². The highest BCUT2D eigenvalue weighted by atomic mass is 16.1. The molecule has 19 heavy (non-hydrogen) atoms. The van der Waals surface area contributed by atoms with Crippen molar-refractivity contribution in [1.29, 1.82) is 0 Å².